The van der Waals surface area contributed by atoms with Crippen LogP contribution in [0.1, 0.15) is 25.0 Å². The fraction of sp³-hybridized carbons (Fsp3) is 0.294. The van der Waals surface area contributed by atoms with E-state index in [1.807, 2.05) is 24.3 Å². The van der Waals surface area contributed by atoms with Gasteiger partial charge in [0.15, 0.2) is 0 Å². The van der Waals surface area contributed by atoms with Crippen molar-refractivity contribution in [2.75, 3.05) is 6.54 Å². The number of furan rings is 1. The van der Waals surface area contributed by atoms with Crippen LogP contribution in [0.2, 0.25) is 5.02 Å². The molecule has 0 fully saturated rings. The molecule has 7 heteroatoms. The summed E-state index contributed by atoms with van der Waals surface area (Å²) in [5.41, 5.74) is 5.88. The number of urea groups is 1. The first-order valence-electron chi connectivity index (χ1n) is 7.69. The van der Waals surface area contributed by atoms with Crippen molar-refractivity contribution >= 4 is 23.5 Å². The Kier molecular flexibility index (Phi) is 6.69. The molecule has 1 aromatic heterocycles. The van der Waals surface area contributed by atoms with Gasteiger partial charge >= 0.3 is 6.03 Å². The van der Waals surface area contributed by atoms with Crippen LogP contribution in [0.4, 0.5) is 4.79 Å². The minimum Gasteiger partial charge on any atom is -0.459 e. The number of amides is 3. The number of carbonyl (C=O) groups excluding carboxylic acids is 2. The monoisotopic (exact) mass is 349 g/mol. The highest BCUT2D eigenvalue weighted by atomic mass is 35.5. The number of nitrogens with two attached hydrogens (primary N) is 1. The maximum absolute atomic E-state index is 11.7. The summed E-state index contributed by atoms with van der Waals surface area (Å²) in [5, 5.41) is 5.96. The van der Waals surface area contributed by atoms with E-state index in [2.05, 4.69) is 10.6 Å². The molecular formula is C17H20ClN3O3. The Labute approximate surface area is 145 Å². The van der Waals surface area contributed by atoms with Crippen molar-refractivity contribution in [3.8, 4) is 11.3 Å². The lowest BCUT2D eigenvalue weighted by molar-refractivity contribution is -0.121. The minimum atomic E-state index is -0.547. The van der Waals surface area contributed by atoms with E-state index in [4.69, 9.17) is 21.8 Å². The van der Waals surface area contributed by atoms with Gasteiger partial charge in [-0.05, 0) is 49.2 Å². The molecule has 0 aliphatic carbocycles. The van der Waals surface area contributed by atoms with E-state index in [0.717, 1.165) is 11.3 Å². The third kappa shape index (κ3) is 5.96. The molecule has 0 atom stereocenters. The van der Waals surface area contributed by atoms with Crippen LogP contribution in [0.25, 0.3) is 11.3 Å². The van der Waals surface area contributed by atoms with Crippen molar-refractivity contribution < 1.29 is 14.0 Å². The quantitative estimate of drug-likeness (QED) is 0.639. The van der Waals surface area contributed by atoms with Crippen LogP contribution in [0.15, 0.2) is 40.8 Å². The molecule has 0 unspecified atom stereocenters. The first-order valence-corrected chi connectivity index (χ1v) is 8.07. The van der Waals surface area contributed by atoms with Gasteiger partial charge in [-0.1, -0.05) is 11.6 Å². The largest absolute Gasteiger partial charge is 0.459 e. The normalized spacial score (nSPS) is 10.4. The minimum absolute atomic E-state index is 0.0569. The maximum atomic E-state index is 11.7. The number of rotatable bonds is 8. The second kappa shape index (κ2) is 8.98. The molecule has 1 aromatic carbocycles. The molecule has 2 rings (SSSR count). The third-order valence-electron chi connectivity index (χ3n) is 3.38. The van der Waals surface area contributed by atoms with Gasteiger partial charge in [0.1, 0.15) is 11.5 Å². The molecule has 3 amide bonds. The van der Waals surface area contributed by atoms with Crippen LogP contribution in [-0.4, -0.2) is 18.5 Å². The van der Waals surface area contributed by atoms with Crippen molar-refractivity contribution in [1.82, 2.24) is 10.6 Å². The second-order valence-corrected chi connectivity index (χ2v) is 5.73. The average molecular weight is 350 g/mol. The highest BCUT2D eigenvalue weighted by Crippen LogP contribution is 2.23. The van der Waals surface area contributed by atoms with Crippen LogP contribution < -0.4 is 16.4 Å². The van der Waals surface area contributed by atoms with E-state index in [0.29, 0.717) is 43.1 Å². The molecular weight excluding hydrogens is 330 g/mol. The Morgan fingerprint density at radius 1 is 1.04 bits per heavy atom. The van der Waals surface area contributed by atoms with Crippen LogP contribution in [0, 0.1) is 0 Å². The van der Waals surface area contributed by atoms with Gasteiger partial charge < -0.3 is 20.8 Å². The number of unbranched alkanes of at least 4 members (excludes halogenated alkanes) is 1. The average Bonchev–Trinajstić information content (AvgIpc) is 3.02. The molecule has 1 heterocycles. The third-order valence-corrected chi connectivity index (χ3v) is 3.63. The highest BCUT2D eigenvalue weighted by molar-refractivity contribution is 6.30. The van der Waals surface area contributed by atoms with E-state index in [-0.39, 0.29) is 5.91 Å². The summed E-state index contributed by atoms with van der Waals surface area (Å²) in [5.74, 6) is 1.36. The standard InChI is InChI=1S/C17H20ClN3O3/c18-13-6-4-12(5-7-13)15-9-8-14(24-15)11-21-16(22)3-1-2-10-20-17(19)23/h4-9H,1-3,10-11H2,(H,21,22)(H3,19,20,23). The Bertz CT molecular complexity index is 683. The number of nitrogens with one attached hydrogen (secondary N) is 2. The summed E-state index contributed by atoms with van der Waals surface area (Å²) in [7, 11) is 0. The number of hydrogen-bond acceptors (Lipinski definition) is 3. The summed E-state index contributed by atoms with van der Waals surface area (Å²) in [6.45, 7) is 0.817. The molecule has 0 bridgehead atoms. The SMILES string of the molecule is NC(=O)NCCCCC(=O)NCc1ccc(-c2ccc(Cl)cc2)o1. The van der Waals surface area contributed by atoms with Gasteiger partial charge in [-0.25, -0.2) is 4.79 Å². The summed E-state index contributed by atoms with van der Waals surface area (Å²) < 4.78 is 5.71. The Morgan fingerprint density at radius 3 is 2.50 bits per heavy atom. The number of halogens is 1. The van der Waals surface area contributed by atoms with Gasteiger partial charge in [0.2, 0.25) is 5.91 Å². The predicted octanol–water partition coefficient (Wildman–Crippen LogP) is 3.05. The molecule has 128 valence electrons. The molecule has 0 saturated heterocycles. The molecule has 0 aliphatic rings. The number of primary amides is 1. The molecule has 4 N–H and O–H groups in total. The summed E-state index contributed by atoms with van der Waals surface area (Å²) in [6.07, 6.45) is 1.78. The maximum Gasteiger partial charge on any atom is 0.312 e. The van der Waals surface area contributed by atoms with Crippen molar-refractivity contribution in [2.45, 2.75) is 25.8 Å². The number of benzene rings is 1. The first-order chi connectivity index (χ1) is 11.5. The lowest BCUT2D eigenvalue weighted by Crippen LogP contribution is -2.30. The summed E-state index contributed by atoms with van der Waals surface area (Å²) in [6, 6.07) is 10.5. The fourth-order valence-corrected chi connectivity index (χ4v) is 2.26. The highest BCUT2D eigenvalue weighted by Gasteiger charge is 2.07. The van der Waals surface area contributed by atoms with Crippen LogP contribution in [0.5, 0.6) is 0 Å². The van der Waals surface area contributed by atoms with Gasteiger partial charge in [-0.3, -0.25) is 4.79 Å². The Hall–Kier alpha value is -2.47. The molecule has 0 saturated carbocycles. The van der Waals surface area contributed by atoms with Gasteiger partial charge in [0.05, 0.1) is 6.54 Å². The van der Waals surface area contributed by atoms with Crippen LogP contribution >= 0.6 is 11.6 Å². The van der Waals surface area contributed by atoms with Gasteiger partial charge in [-0.15, -0.1) is 0 Å². The Morgan fingerprint density at radius 2 is 1.79 bits per heavy atom. The Balaban J connectivity index is 1.71. The zero-order valence-electron chi connectivity index (χ0n) is 13.2. The fourth-order valence-electron chi connectivity index (χ4n) is 2.14. The van der Waals surface area contributed by atoms with Gasteiger partial charge in [0, 0.05) is 23.6 Å². The molecule has 6 nitrogen and oxygen atoms in total. The molecule has 0 radical (unpaired) electrons. The smallest absolute Gasteiger partial charge is 0.312 e. The summed E-state index contributed by atoms with van der Waals surface area (Å²) >= 11 is 5.86. The lowest BCUT2D eigenvalue weighted by Gasteiger charge is -2.04. The molecule has 0 aliphatic heterocycles. The summed E-state index contributed by atoms with van der Waals surface area (Å²) in [4.78, 5) is 22.2. The van der Waals surface area contributed by atoms with E-state index < -0.39 is 6.03 Å². The van der Waals surface area contributed by atoms with Crippen LogP contribution in [-0.2, 0) is 11.3 Å². The first kappa shape index (κ1) is 17.9. The second-order valence-electron chi connectivity index (χ2n) is 5.30. The van der Waals surface area contributed by atoms with Gasteiger partial charge in [-0.2, -0.15) is 0 Å². The van der Waals surface area contributed by atoms with E-state index in [1.54, 1.807) is 12.1 Å². The zero-order valence-corrected chi connectivity index (χ0v) is 13.9. The lowest BCUT2D eigenvalue weighted by atomic mass is 10.2. The van der Waals surface area contributed by atoms with Crippen LogP contribution in [0.3, 0.4) is 0 Å². The zero-order chi connectivity index (χ0) is 17.4. The van der Waals surface area contributed by atoms with Crippen molar-refractivity contribution in [3.63, 3.8) is 0 Å². The predicted molar refractivity (Wildman–Crippen MR) is 92.4 cm³/mol. The van der Waals surface area contributed by atoms with E-state index >= 15 is 0 Å². The molecule has 24 heavy (non-hydrogen) atoms. The van der Waals surface area contributed by atoms with E-state index in [9.17, 15) is 9.59 Å². The molecule has 2 aromatic rings. The van der Waals surface area contributed by atoms with E-state index in [1.165, 1.54) is 0 Å². The molecule has 0 spiro atoms. The number of hydrogen-bond donors (Lipinski definition) is 3. The number of carbonyl (C=O) groups is 2. The topological polar surface area (TPSA) is 97.4 Å². The van der Waals surface area contributed by atoms with Crippen molar-refractivity contribution in [3.05, 3.63) is 47.2 Å². The van der Waals surface area contributed by atoms with Crippen molar-refractivity contribution in [2.24, 2.45) is 5.73 Å². The van der Waals surface area contributed by atoms with Crippen molar-refractivity contribution in [1.29, 1.82) is 0 Å². The van der Waals surface area contributed by atoms with Gasteiger partial charge in [0.25, 0.3) is 0 Å².